The van der Waals surface area contributed by atoms with Crippen LogP contribution in [-0.4, -0.2) is 64.8 Å². The molecule has 1 amide bonds. The first-order valence-electron chi connectivity index (χ1n) is 9.97. The molecule has 1 aliphatic rings. The van der Waals surface area contributed by atoms with E-state index in [9.17, 15) is 26.4 Å². The lowest BCUT2D eigenvalue weighted by atomic mass is 10.1. The Morgan fingerprint density at radius 2 is 1.97 bits per heavy atom. The van der Waals surface area contributed by atoms with Crippen LogP contribution in [0.1, 0.15) is 18.4 Å². The summed E-state index contributed by atoms with van der Waals surface area (Å²) in [5, 5.41) is 10.9. The predicted octanol–water partition coefficient (Wildman–Crippen LogP) is 2.83. The van der Waals surface area contributed by atoms with Gasteiger partial charge in [-0.3, -0.25) is 4.72 Å². The molecule has 0 bridgehead atoms. The van der Waals surface area contributed by atoms with Crippen LogP contribution in [0.25, 0.3) is 11.5 Å². The molecule has 0 unspecified atom stereocenters. The highest BCUT2D eigenvalue weighted by molar-refractivity contribution is 7.92. The third kappa shape index (κ3) is 5.47. The summed E-state index contributed by atoms with van der Waals surface area (Å²) in [6.07, 6.45) is -0.833. The first-order valence-corrected chi connectivity index (χ1v) is 11.9. The number of anilines is 1. The van der Waals surface area contributed by atoms with Crippen molar-refractivity contribution in [3.05, 3.63) is 42.4 Å². The van der Waals surface area contributed by atoms with Gasteiger partial charge in [-0.15, -0.1) is 15.3 Å². The number of benzene rings is 1. The molecule has 1 fully saturated rings. The van der Waals surface area contributed by atoms with Crippen LogP contribution < -0.4 is 9.46 Å². The number of piperidine rings is 1. The molecule has 0 atom stereocenters. The Morgan fingerprint density at radius 3 is 2.59 bits per heavy atom. The van der Waals surface area contributed by atoms with Crippen molar-refractivity contribution in [1.29, 1.82) is 0 Å². The van der Waals surface area contributed by atoms with Crippen LogP contribution in [0.4, 0.5) is 23.8 Å². The van der Waals surface area contributed by atoms with Crippen LogP contribution in [0.2, 0.25) is 0 Å². The number of nitrogens with zero attached hydrogens (tertiary/aromatic N) is 5. The molecule has 1 aliphatic heterocycles. The zero-order chi connectivity index (χ0) is 24.5. The molecular weight excluding hydrogens is 481 g/mol. The Morgan fingerprint density at radius 1 is 1.24 bits per heavy atom. The van der Waals surface area contributed by atoms with Gasteiger partial charge in [-0.2, -0.15) is 17.9 Å². The Bertz CT molecular complexity index is 1270. The van der Waals surface area contributed by atoms with Gasteiger partial charge in [0, 0.05) is 38.2 Å². The smallest absolute Gasteiger partial charge is 0.417 e. The van der Waals surface area contributed by atoms with E-state index in [0.29, 0.717) is 25.9 Å². The van der Waals surface area contributed by atoms with E-state index in [1.807, 2.05) is 0 Å². The summed E-state index contributed by atoms with van der Waals surface area (Å²) >= 11 is 0. The Balaban J connectivity index is 1.40. The zero-order valence-corrected chi connectivity index (χ0v) is 18.5. The van der Waals surface area contributed by atoms with E-state index < -0.39 is 27.8 Å². The first kappa shape index (κ1) is 23.5. The number of likely N-dealkylation sites (tertiary alicyclic amines) is 1. The summed E-state index contributed by atoms with van der Waals surface area (Å²) in [6.45, 7) is 0.630. The molecule has 3 heterocycles. The number of ether oxygens (including phenoxy) is 1. The fourth-order valence-corrected chi connectivity index (χ4v) is 3.98. The highest BCUT2D eigenvalue weighted by atomic mass is 32.2. The minimum absolute atomic E-state index is 0.0217. The average molecular weight is 500 g/mol. The minimum Gasteiger partial charge on any atom is -0.490 e. The molecule has 0 radical (unpaired) electrons. The molecule has 1 aromatic carbocycles. The lowest BCUT2D eigenvalue weighted by Crippen LogP contribution is -2.43. The molecule has 0 saturated carbocycles. The molecule has 1 saturated heterocycles. The number of aromatic nitrogens is 4. The second-order valence-corrected chi connectivity index (χ2v) is 9.30. The van der Waals surface area contributed by atoms with Gasteiger partial charge in [-0.05, 0) is 18.2 Å². The molecule has 2 aromatic heterocycles. The number of nitrogens with one attached hydrogen (secondary N) is 1. The van der Waals surface area contributed by atoms with Gasteiger partial charge in [0.1, 0.15) is 11.9 Å². The van der Waals surface area contributed by atoms with Crippen molar-refractivity contribution in [2.24, 2.45) is 0 Å². The number of halogens is 3. The van der Waals surface area contributed by atoms with Gasteiger partial charge in [0.05, 0.1) is 17.4 Å². The molecular formula is C19H19F3N6O5S. The summed E-state index contributed by atoms with van der Waals surface area (Å²) in [5.41, 5.74) is -1.21. The second kappa shape index (κ2) is 8.96. The van der Waals surface area contributed by atoms with Gasteiger partial charge >= 0.3 is 12.2 Å². The molecule has 11 nitrogen and oxygen atoms in total. The standard InChI is InChI=1S/C19H19F3N6O5S/c1-34(30,31)26-16-6-9-28(25-16)18(29)27-7-4-12(5-8-27)33-13-2-3-15(19(20,21)22)14(10-13)17-24-23-11-32-17/h2-3,6,9-12H,4-5,7-8H2,1H3,(H,25,26). The third-order valence-electron chi connectivity index (χ3n) is 4.98. The van der Waals surface area contributed by atoms with E-state index in [0.717, 1.165) is 23.4 Å². The van der Waals surface area contributed by atoms with Crippen molar-refractivity contribution < 1.29 is 35.5 Å². The van der Waals surface area contributed by atoms with E-state index in [1.54, 1.807) is 0 Å². The monoisotopic (exact) mass is 500 g/mol. The van der Waals surface area contributed by atoms with Crippen LogP contribution >= 0.6 is 0 Å². The number of rotatable bonds is 5. The van der Waals surface area contributed by atoms with Crippen molar-refractivity contribution in [3.8, 4) is 17.2 Å². The summed E-state index contributed by atoms with van der Waals surface area (Å²) in [6, 6.07) is 4.25. The van der Waals surface area contributed by atoms with Gasteiger partial charge in [0.15, 0.2) is 5.82 Å². The van der Waals surface area contributed by atoms with Crippen LogP contribution in [0.15, 0.2) is 41.3 Å². The maximum absolute atomic E-state index is 13.4. The van der Waals surface area contributed by atoms with Crippen molar-refractivity contribution in [3.63, 3.8) is 0 Å². The largest absolute Gasteiger partial charge is 0.490 e. The number of alkyl halides is 3. The lowest BCUT2D eigenvalue weighted by molar-refractivity contribution is -0.137. The van der Waals surface area contributed by atoms with Gasteiger partial charge in [-0.1, -0.05) is 0 Å². The van der Waals surface area contributed by atoms with Gasteiger partial charge in [0.2, 0.25) is 22.3 Å². The van der Waals surface area contributed by atoms with Crippen molar-refractivity contribution in [1.82, 2.24) is 24.9 Å². The lowest BCUT2D eigenvalue weighted by Gasteiger charge is -2.32. The minimum atomic E-state index is -4.61. The van der Waals surface area contributed by atoms with E-state index in [2.05, 4.69) is 20.0 Å². The topological polar surface area (TPSA) is 132 Å². The quantitative estimate of drug-likeness (QED) is 0.566. The van der Waals surface area contributed by atoms with Crippen molar-refractivity contribution in [2.75, 3.05) is 24.1 Å². The second-order valence-electron chi connectivity index (χ2n) is 7.56. The molecule has 1 N–H and O–H groups in total. The number of hydrogen-bond donors (Lipinski definition) is 1. The van der Waals surface area contributed by atoms with Crippen LogP contribution in [0.3, 0.4) is 0 Å². The normalized spacial score (nSPS) is 15.4. The van der Waals surface area contributed by atoms with Crippen molar-refractivity contribution in [2.45, 2.75) is 25.1 Å². The van der Waals surface area contributed by atoms with E-state index in [-0.39, 0.29) is 29.1 Å². The van der Waals surface area contributed by atoms with Crippen LogP contribution in [0.5, 0.6) is 5.75 Å². The number of sulfonamides is 1. The van der Waals surface area contributed by atoms with Gasteiger partial charge in [0.25, 0.3) is 0 Å². The number of amides is 1. The third-order valence-corrected chi connectivity index (χ3v) is 5.56. The van der Waals surface area contributed by atoms with Crippen LogP contribution in [0, 0.1) is 0 Å². The molecule has 3 aromatic rings. The summed E-state index contributed by atoms with van der Waals surface area (Å²) in [4.78, 5) is 14.2. The van der Waals surface area contributed by atoms with Crippen LogP contribution in [-0.2, 0) is 16.2 Å². The highest BCUT2D eigenvalue weighted by Crippen LogP contribution is 2.38. The number of hydrogen-bond acceptors (Lipinski definition) is 8. The fourth-order valence-electron chi connectivity index (χ4n) is 3.49. The number of carbonyl (C=O) groups is 1. The molecule has 182 valence electrons. The first-order chi connectivity index (χ1) is 16.0. The highest BCUT2D eigenvalue weighted by Gasteiger charge is 2.35. The van der Waals surface area contributed by atoms with Gasteiger partial charge < -0.3 is 14.1 Å². The zero-order valence-electron chi connectivity index (χ0n) is 17.7. The Labute approximate surface area is 191 Å². The van der Waals surface area contributed by atoms with Crippen molar-refractivity contribution >= 4 is 21.9 Å². The Kier molecular flexibility index (Phi) is 6.20. The predicted molar refractivity (Wildman–Crippen MR) is 111 cm³/mol. The SMILES string of the molecule is CS(=O)(=O)Nc1ccn(C(=O)N2CCC(Oc3ccc(C(F)(F)F)c(-c4nnco4)c3)CC2)n1. The molecule has 15 heteroatoms. The number of carbonyl (C=O) groups excluding carboxylic acids is 1. The molecule has 0 aliphatic carbocycles. The average Bonchev–Trinajstić information content (AvgIpc) is 3.44. The van der Waals surface area contributed by atoms with E-state index in [4.69, 9.17) is 9.15 Å². The maximum Gasteiger partial charge on any atom is 0.417 e. The summed E-state index contributed by atoms with van der Waals surface area (Å²) < 4.78 is 76.7. The summed E-state index contributed by atoms with van der Waals surface area (Å²) in [7, 11) is -3.52. The fraction of sp³-hybridized carbons (Fsp3) is 0.368. The maximum atomic E-state index is 13.4. The molecule has 34 heavy (non-hydrogen) atoms. The van der Waals surface area contributed by atoms with E-state index >= 15 is 0 Å². The van der Waals surface area contributed by atoms with E-state index in [1.165, 1.54) is 29.3 Å². The Hall–Kier alpha value is -3.62. The molecule has 0 spiro atoms. The molecule has 4 rings (SSSR count). The van der Waals surface area contributed by atoms with Gasteiger partial charge in [-0.25, -0.2) is 13.2 Å². The summed E-state index contributed by atoms with van der Waals surface area (Å²) in [5.74, 6) is -0.0508.